The minimum absolute atomic E-state index is 0.197. The lowest BCUT2D eigenvalue weighted by atomic mass is 10.1. The average molecular weight is 214 g/mol. The van der Waals surface area contributed by atoms with E-state index in [1.54, 1.807) is 0 Å². The second-order valence-corrected chi connectivity index (χ2v) is 3.78. The van der Waals surface area contributed by atoms with Crippen LogP contribution >= 0.6 is 0 Å². The van der Waals surface area contributed by atoms with Gasteiger partial charge in [0.2, 0.25) is 0 Å². The van der Waals surface area contributed by atoms with Crippen molar-refractivity contribution in [1.82, 2.24) is 5.32 Å². The van der Waals surface area contributed by atoms with Crippen molar-refractivity contribution in [3.8, 4) is 0 Å². The molecule has 1 unspecified atom stereocenters. The number of hydrogen-bond donors (Lipinski definition) is 2. The van der Waals surface area contributed by atoms with Gasteiger partial charge < -0.3 is 11.1 Å². The number of nitrogens with two attached hydrogens (primary N) is 1. The molecule has 0 saturated heterocycles. The molecule has 3 N–H and O–H groups in total. The van der Waals surface area contributed by atoms with Gasteiger partial charge in [0.05, 0.1) is 0 Å². The maximum absolute atomic E-state index is 13.4. The Hall–Kier alpha value is -1.00. The Labute approximate surface area is 88.5 Å². The van der Waals surface area contributed by atoms with E-state index in [0.717, 1.165) is 6.07 Å². The van der Waals surface area contributed by atoms with Gasteiger partial charge in [-0.05, 0) is 6.07 Å². The van der Waals surface area contributed by atoms with E-state index in [4.69, 9.17) is 5.73 Å². The Morgan fingerprint density at radius 2 is 2.00 bits per heavy atom. The molecule has 1 rings (SSSR count). The highest BCUT2D eigenvalue weighted by atomic mass is 19.1. The quantitative estimate of drug-likeness (QED) is 0.804. The van der Waals surface area contributed by atoms with Crippen LogP contribution in [0.15, 0.2) is 18.2 Å². The molecule has 1 atom stereocenters. The highest BCUT2D eigenvalue weighted by molar-refractivity contribution is 5.22. The van der Waals surface area contributed by atoms with Gasteiger partial charge in [0.25, 0.3) is 0 Å². The Morgan fingerprint density at radius 1 is 1.33 bits per heavy atom. The largest absolute Gasteiger partial charge is 0.329 e. The van der Waals surface area contributed by atoms with E-state index in [2.05, 4.69) is 5.32 Å². The number of benzene rings is 1. The highest BCUT2D eigenvalue weighted by Crippen LogP contribution is 2.17. The van der Waals surface area contributed by atoms with Crippen molar-refractivity contribution < 1.29 is 8.78 Å². The van der Waals surface area contributed by atoms with Crippen LogP contribution < -0.4 is 11.1 Å². The Morgan fingerprint density at radius 3 is 2.47 bits per heavy atom. The first-order valence-electron chi connectivity index (χ1n) is 4.95. The van der Waals surface area contributed by atoms with Gasteiger partial charge in [-0.2, -0.15) is 0 Å². The van der Waals surface area contributed by atoms with Crippen LogP contribution in [0.3, 0.4) is 0 Å². The first kappa shape index (κ1) is 12.1. The second kappa shape index (κ2) is 5.19. The summed E-state index contributed by atoms with van der Waals surface area (Å²) >= 11 is 0. The number of rotatable bonds is 4. The molecule has 0 aliphatic rings. The van der Waals surface area contributed by atoms with E-state index >= 15 is 0 Å². The standard InChI is InChI=1S/C11H16F2N2/c1-7(2)15-11(6-14)9-4-3-8(12)5-10(9)13/h3-5,7,11,15H,6,14H2,1-2H3. The van der Waals surface area contributed by atoms with E-state index in [1.165, 1.54) is 12.1 Å². The smallest absolute Gasteiger partial charge is 0.130 e. The third-order valence-corrected chi connectivity index (χ3v) is 2.11. The highest BCUT2D eigenvalue weighted by Gasteiger charge is 2.15. The summed E-state index contributed by atoms with van der Waals surface area (Å²) in [6, 6.07) is 3.47. The Balaban J connectivity index is 2.91. The van der Waals surface area contributed by atoms with Crippen molar-refractivity contribution in [3.05, 3.63) is 35.4 Å². The van der Waals surface area contributed by atoms with Crippen molar-refractivity contribution in [3.63, 3.8) is 0 Å². The maximum Gasteiger partial charge on any atom is 0.130 e. The zero-order valence-electron chi connectivity index (χ0n) is 8.93. The first-order valence-corrected chi connectivity index (χ1v) is 4.95. The van der Waals surface area contributed by atoms with Gasteiger partial charge in [0.1, 0.15) is 11.6 Å². The zero-order chi connectivity index (χ0) is 11.4. The summed E-state index contributed by atoms with van der Waals surface area (Å²) in [5, 5.41) is 3.12. The maximum atomic E-state index is 13.4. The lowest BCUT2D eigenvalue weighted by Gasteiger charge is -2.20. The van der Waals surface area contributed by atoms with Crippen LogP contribution in [0.2, 0.25) is 0 Å². The molecule has 84 valence electrons. The fraction of sp³-hybridized carbons (Fsp3) is 0.455. The summed E-state index contributed by atoms with van der Waals surface area (Å²) in [5.41, 5.74) is 5.95. The van der Waals surface area contributed by atoms with Crippen molar-refractivity contribution in [2.45, 2.75) is 25.9 Å². The lowest BCUT2D eigenvalue weighted by molar-refractivity contribution is 0.460. The predicted molar refractivity (Wildman–Crippen MR) is 56.4 cm³/mol. The van der Waals surface area contributed by atoms with Crippen LogP contribution in [-0.4, -0.2) is 12.6 Å². The summed E-state index contributed by atoms with van der Waals surface area (Å²) < 4.78 is 26.1. The Bertz CT molecular complexity index is 326. The molecule has 0 fully saturated rings. The summed E-state index contributed by atoms with van der Waals surface area (Å²) in [7, 11) is 0. The molecule has 2 nitrogen and oxygen atoms in total. The summed E-state index contributed by atoms with van der Waals surface area (Å²) in [6.45, 7) is 4.18. The third-order valence-electron chi connectivity index (χ3n) is 2.11. The molecular weight excluding hydrogens is 198 g/mol. The van der Waals surface area contributed by atoms with Gasteiger partial charge in [-0.25, -0.2) is 8.78 Å². The topological polar surface area (TPSA) is 38.0 Å². The normalized spacial score (nSPS) is 13.2. The van der Waals surface area contributed by atoms with Crippen molar-refractivity contribution in [2.24, 2.45) is 5.73 Å². The van der Waals surface area contributed by atoms with Gasteiger partial charge in [-0.15, -0.1) is 0 Å². The van der Waals surface area contributed by atoms with Crippen molar-refractivity contribution in [2.75, 3.05) is 6.54 Å². The summed E-state index contributed by atoms with van der Waals surface area (Å²) in [4.78, 5) is 0. The van der Waals surface area contributed by atoms with E-state index in [-0.39, 0.29) is 18.6 Å². The molecule has 1 aromatic carbocycles. The third kappa shape index (κ3) is 3.25. The molecule has 15 heavy (non-hydrogen) atoms. The molecule has 0 bridgehead atoms. The van der Waals surface area contributed by atoms with Gasteiger partial charge in [-0.3, -0.25) is 0 Å². The zero-order valence-corrected chi connectivity index (χ0v) is 8.93. The predicted octanol–water partition coefficient (Wildman–Crippen LogP) is 1.96. The first-order chi connectivity index (χ1) is 7.04. The molecule has 0 heterocycles. The van der Waals surface area contributed by atoms with Crippen LogP contribution in [-0.2, 0) is 0 Å². The summed E-state index contributed by atoms with van der Waals surface area (Å²) in [6.07, 6.45) is 0. The number of hydrogen-bond acceptors (Lipinski definition) is 2. The van der Waals surface area contributed by atoms with E-state index in [9.17, 15) is 8.78 Å². The second-order valence-electron chi connectivity index (χ2n) is 3.78. The monoisotopic (exact) mass is 214 g/mol. The SMILES string of the molecule is CC(C)NC(CN)c1ccc(F)cc1F. The van der Waals surface area contributed by atoms with Gasteiger partial charge in [-0.1, -0.05) is 19.9 Å². The van der Waals surface area contributed by atoms with Crippen LogP contribution in [0.4, 0.5) is 8.78 Å². The molecule has 4 heteroatoms. The molecule has 0 radical (unpaired) electrons. The molecule has 0 aliphatic heterocycles. The molecule has 1 aromatic rings. The lowest BCUT2D eigenvalue weighted by Crippen LogP contribution is -2.33. The summed E-state index contributed by atoms with van der Waals surface area (Å²) in [5.74, 6) is -1.13. The van der Waals surface area contributed by atoms with Crippen molar-refractivity contribution in [1.29, 1.82) is 0 Å². The fourth-order valence-electron chi connectivity index (χ4n) is 1.47. The van der Waals surface area contributed by atoms with Gasteiger partial charge >= 0.3 is 0 Å². The minimum Gasteiger partial charge on any atom is -0.329 e. The molecule has 0 aliphatic carbocycles. The fourth-order valence-corrected chi connectivity index (χ4v) is 1.47. The average Bonchev–Trinajstić information content (AvgIpc) is 2.14. The van der Waals surface area contributed by atoms with E-state index in [0.29, 0.717) is 5.56 Å². The molecule has 0 aromatic heterocycles. The number of nitrogens with one attached hydrogen (secondary N) is 1. The van der Waals surface area contributed by atoms with Crippen LogP contribution in [0.25, 0.3) is 0 Å². The van der Waals surface area contributed by atoms with Crippen LogP contribution in [0, 0.1) is 11.6 Å². The van der Waals surface area contributed by atoms with Gasteiger partial charge in [0, 0.05) is 30.3 Å². The van der Waals surface area contributed by atoms with Crippen molar-refractivity contribution >= 4 is 0 Å². The molecule has 0 saturated carbocycles. The molecular formula is C11H16F2N2. The number of halogens is 2. The van der Waals surface area contributed by atoms with E-state index in [1.807, 2.05) is 13.8 Å². The molecule has 0 amide bonds. The van der Waals surface area contributed by atoms with E-state index < -0.39 is 11.6 Å². The van der Waals surface area contributed by atoms with Crippen LogP contribution in [0.5, 0.6) is 0 Å². The van der Waals surface area contributed by atoms with Gasteiger partial charge in [0.15, 0.2) is 0 Å². The Kier molecular flexibility index (Phi) is 4.17. The van der Waals surface area contributed by atoms with Crippen LogP contribution in [0.1, 0.15) is 25.5 Å². The molecule has 0 spiro atoms. The minimum atomic E-state index is -0.573.